The van der Waals surface area contributed by atoms with Crippen LogP contribution in [0.2, 0.25) is 0 Å². The number of methoxy groups -OCH3 is 1. The number of pyridine rings is 2. The van der Waals surface area contributed by atoms with Crippen LogP contribution in [0.4, 0.5) is 5.82 Å². The molecule has 0 saturated carbocycles. The Hall–Kier alpha value is -2.71. The van der Waals surface area contributed by atoms with Crippen LogP contribution in [-0.2, 0) is 14.2 Å². The van der Waals surface area contributed by atoms with Gasteiger partial charge >= 0.3 is 5.97 Å². The van der Waals surface area contributed by atoms with E-state index in [-0.39, 0.29) is 18.3 Å². The lowest BCUT2D eigenvalue weighted by atomic mass is 10.3. The van der Waals surface area contributed by atoms with Crippen molar-refractivity contribution in [3.63, 3.8) is 0 Å². The predicted molar refractivity (Wildman–Crippen MR) is 101 cm³/mol. The minimum atomic E-state index is -0.396. The van der Waals surface area contributed by atoms with Gasteiger partial charge in [0.05, 0.1) is 32.1 Å². The van der Waals surface area contributed by atoms with Crippen molar-refractivity contribution >= 4 is 11.8 Å². The van der Waals surface area contributed by atoms with Crippen molar-refractivity contribution in [1.29, 1.82) is 0 Å². The fourth-order valence-corrected chi connectivity index (χ4v) is 3.36. The highest BCUT2D eigenvalue weighted by atomic mass is 16.6. The summed E-state index contributed by atoms with van der Waals surface area (Å²) in [5.74, 6) is 1.10. The van der Waals surface area contributed by atoms with E-state index in [1.807, 2.05) is 25.1 Å². The van der Waals surface area contributed by atoms with Crippen molar-refractivity contribution in [1.82, 2.24) is 9.97 Å². The van der Waals surface area contributed by atoms with E-state index in [1.165, 1.54) is 13.3 Å². The highest BCUT2D eigenvalue weighted by Gasteiger charge is 2.38. The van der Waals surface area contributed by atoms with Crippen molar-refractivity contribution in [2.24, 2.45) is 0 Å². The molecule has 0 aliphatic carbocycles. The summed E-state index contributed by atoms with van der Waals surface area (Å²) in [6, 6.07) is 7.34. The standard InChI is InChI=1S/C20H23N3O5/c1-13-3-5-15(8-21-13)28-16-11-26-17-9-23(10-18(17)27-12-16)19-6-4-14(7-22-19)20(24)25-2/h3-8,16-18H,9-12H2,1-2H3/t17-,18-/m0/s1. The quantitative estimate of drug-likeness (QED) is 0.735. The number of nitrogens with zero attached hydrogens (tertiary/aromatic N) is 3. The summed E-state index contributed by atoms with van der Waals surface area (Å²) >= 11 is 0. The fraction of sp³-hybridized carbons (Fsp3) is 0.450. The van der Waals surface area contributed by atoms with Crippen molar-refractivity contribution in [3.8, 4) is 5.75 Å². The molecule has 4 rings (SSSR count). The van der Waals surface area contributed by atoms with Crippen LogP contribution < -0.4 is 9.64 Å². The number of aryl methyl sites for hydroxylation is 1. The maximum atomic E-state index is 11.5. The maximum Gasteiger partial charge on any atom is 0.339 e. The number of rotatable bonds is 4. The monoisotopic (exact) mass is 385 g/mol. The maximum absolute atomic E-state index is 11.5. The molecule has 0 spiro atoms. The van der Waals surface area contributed by atoms with E-state index < -0.39 is 5.97 Å². The Morgan fingerprint density at radius 2 is 1.82 bits per heavy atom. The molecule has 2 aliphatic heterocycles. The second-order valence-electron chi connectivity index (χ2n) is 6.92. The number of esters is 1. The number of anilines is 1. The SMILES string of the molecule is COC(=O)c1ccc(N2C[C@@H]3OCC(Oc4ccc(C)nc4)CO[C@H]3C2)nc1. The Kier molecular flexibility index (Phi) is 5.40. The summed E-state index contributed by atoms with van der Waals surface area (Å²) in [5, 5.41) is 0. The first kappa shape index (κ1) is 18.6. The first-order valence-electron chi connectivity index (χ1n) is 9.24. The summed E-state index contributed by atoms with van der Waals surface area (Å²) in [7, 11) is 1.35. The Balaban J connectivity index is 1.34. The Bertz CT molecular complexity index is 796. The molecule has 28 heavy (non-hydrogen) atoms. The zero-order chi connectivity index (χ0) is 19.5. The number of aromatic nitrogens is 2. The molecule has 2 fully saturated rings. The molecule has 2 atom stereocenters. The highest BCUT2D eigenvalue weighted by Crippen LogP contribution is 2.25. The molecule has 0 aromatic carbocycles. The molecular weight excluding hydrogens is 362 g/mol. The fourth-order valence-electron chi connectivity index (χ4n) is 3.36. The molecule has 2 saturated heterocycles. The molecule has 0 radical (unpaired) electrons. The van der Waals surface area contributed by atoms with E-state index >= 15 is 0 Å². The Morgan fingerprint density at radius 1 is 1.07 bits per heavy atom. The van der Waals surface area contributed by atoms with Crippen LogP contribution in [0, 0.1) is 6.92 Å². The molecular formula is C20H23N3O5. The lowest BCUT2D eigenvalue weighted by Crippen LogP contribution is -2.29. The average molecular weight is 385 g/mol. The van der Waals surface area contributed by atoms with Gasteiger partial charge in [-0.1, -0.05) is 0 Å². The van der Waals surface area contributed by atoms with Gasteiger partial charge in [0.15, 0.2) is 0 Å². The molecule has 2 aromatic rings. The number of carbonyl (C=O) groups is 1. The van der Waals surface area contributed by atoms with Gasteiger partial charge in [0.1, 0.15) is 29.9 Å². The van der Waals surface area contributed by atoms with E-state index in [4.69, 9.17) is 18.9 Å². The van der Waals surface area contributed by atoms with Crippen LogP contribution >= 0.6 is 0 Å². The Labute approximate surface area is 163 Å². The smallest absolute Gasteiger partial charge is 0.339 e. The number of carbonyl (C=O) groups excluding carboxylic acids is 1. The van der Waals surface area contributed by atoms with Gasteiger partial charge in [0.2, 0.25) is 0 Å². The van der Waals surface area contributed by atoms with Crippen LogP contribution in [0.25, 0.3) is 0 Å². The minimum absolute atomic E-state index is 0.0492. The first-order valence-corrected chi connectivity index (χ1v) is 9.24. The third-order valence-corrected chi connectivity index (χ3v) is 4.89. The molecule has 2 aliphatic rings. The molecule has 4 heterocycles. The normalized spacial score (nSPS) is 22.4. The lowest BCUT2D eigenvalue weighted by molar-refractivity contribution is -0.00461. The number of ether oxygens (including phenoxy) is 4. The largest absolute Gasteiger partial charge is 0.484 e. The zero-order valence-electron chi connectivity index (χ0n) is 15.9. The summed E-state index contributed by atoms with van der Waals surface area (Å²) < 4.78 is 22.7. The van der Waals surface area contributed by atoms with Gasteiger partial charge in [-0.25, -0.2) is 9.78 Å². The van der Waals surface area contributed by atoms with Gasteiger partial charge < -0.3 is 23.8 Å². The molecule has 2 aromatic heterocycles. The van der Waals surface area contributed by atoms with E-state index in [9.17, 15) is 4.79 Å². The van der Waals surface area contributed by atoms with E-state index in [1.54, 1.807) is 12.3 Å². The molecule has 148 valence electrons. The van der Waals surface area contributed by atoms with Gasteiger partial charge in [-0.05, 0) is 31.2 Å². The molecule has 8 nitrogen and oxygen atoms in total. The molecule has 0 bridgehead atoms. The van der Waals surface area contributed by atoms with Crippen LogP contribution in [0.15, 0.2) is 36.7 Å². The van der Waals surface area contributed by atoms with Gasteiger partial charge in [0, 0.05) is 25.0 Å². The number of hydrogen-bond donors (Lipinski definition) is 0. The molecule has 0 N–H and O–H groups in total. The summed E-state index contributed by atoms with van der Waals surface area (Å²) in [6.45, 7) is 4.20. The highest BCUT2D eigenvalue weighted by molar-refractivity contribution is 5.89. The predicted octanol–water partition coefficient (Wildman–Crippen LogP) is 1.62. The van der Waals surface area contributed by atoms with Crippen LogP contribution in [-0.4, -0.2) is 67.7 Å². The van der Waals surface area contributed by atoms with Crippen molar-refractivity contribution < 1.29 is 23.7 Å². The van der Waals surface area contributed by atoms with Gasteiger partial charge in [-0.2, -0.15) is 0 Å². The minimum Gasteiger partial charge on any atom is -0.484 e. The molecule has 0 amide bonds. The lowest BCUT2D eigenvalue weighted by Gasteiger charge is -2.20. The summed E-state index contributed by atoms with van der Waals surface area (Å²) in [6.07, 6.45) is 2.97. The Morgan fingerprint density at radius 3 is 2.39 bits per heavy atom. The topological polar surface area (TPSA) is 83.0 Å². The van der Waals surface area contributed by atoms with Crippen molar-refractivity contribution in [3.05, 3.63) is 47.9 Å². The van der Waals surface area contributed by atoms with Gasteiger partial charge in [-0.3, -0.25) is 4.98 Å². The third kappa shape index (κ3) is 4.07. The van der Waals surface area contributed by atoms with Crippen LogP contribution in [0.1, 0.15) is 16.1 Å². The average Bonchev–Trinajstić information content (AvgIpc) is 3.05. The number of fused-ring (bicyclic) bond motifs is 1. The zero-order valence-corrected chi connectivity index (χ0v) is 15.9. The third-order valence-electron chi connectivity index (χ3n) is 4.89. The van der Waals surface area contributed by atoms with Crippen LogP contribution in [0.5, 0.6) is 5.75 Å². The van der Waals surface area contributed by atoms with Gasteiger partial charge in [0.25, 0.3) is 0 Å². The van der Waals surface area contributed by atoms with Crippen molar-refractivity contribution in [2.75, 3.05) is 38.3 Å². The molecule has 0 unspecified atom stereocenters. The van der Waals surface area contributed by atoms with Crippen molar-refractivity contribution in [2.45, 2.75) is 25.2 Å². The van der Waals surface area contributed by atoms with Crippen LogP contribution in [0.3, 0.4) is 0 Å². The van der Waals surface area contributed by atoms with E-state index in [2.05, 4.69) is 14.9 Å². The number of hydrogen-bond acceptors (Lipinski definition) is 8. The molecule has 8 heteroatoms. The van der Waals surface area contributed by atoms with E-state index in [0.717, 1.165) is 11.5 Å². The van der Waals surface area contributed by atoms with E-state index in [0.29, 0.717) is 37.6 Å². The summed E-state index contributed by atoms with van der Waals surface area (Å²) in [5.41, 5.74) is 1.38. The second kappa shape index (κ2) is 8.12. The van der Waals surface area contributed by atoms with Gasteiger partial charge in [-0.15, -0.1) is 0 Å². The second-order valence-corrected chi connectivity index (χ2v) is 6.92. The first-order chi connectivity index (χ1) is 13.6. The summed E-state index contributed by atoms with van der Waals surface area (Å²) in [4.78, 5) is 22.2.